The summed E-state index contributed by atoms with van der Waals surface area (Å²) in [6.07, 6.45) is 0.496. The summed E-state index contributed by atoms with van der Waals surface area (Å²) >= 11 is 0. The largest absolute Gasteiger partial charge is 0.480 e. The van der Waals surface area contributed by atoms with Crippen molar-refractivity contribution in [3.63, 3.8) is 0 Å². The van der Waals surface area contributed by atoms with Crippen molar-refractivity contribution in [2.24, 2.45) is 0 Å². The van der Waals surface area contributed by atoms with E-state index >= 15 is 0 Å². The summed E-state index contributed by atoms with van der Waals surface area (Å²) < 4.78 is 5.12. The summed E-state index contributed by atoms with van der Waals surface area (Å²) in [5.74, 6) is -1.22. The average Bonchev–Trinajstić information content (AvgIpc) is 2.45. The molecule has 0 heterocycles. The van der Waals surface area contributed by atoms with Gasteiger partial charge in [-0.15, -0.1) is 0 Å². The quantitative estimate of drug-likeness (QED) is 0.733. The van der Waals surface area contributed by atoms with Crippen LogP contribution in [0.2, 0.25) is 0 Å². The predicted octanol–water partition coefficient (Wildman–Crippen LogP) is 1.57. The summed E-state index contributed by atoms with van der Waals surface area (Å²) in [7, 11) is 1.52. The third-order valence-electron chi connectivity index (χ3n) is 3.08. The third-order valence-corrected chi connectivity index (χ3v) is 3.08. The second-order valence-corrected chi connectivity index (χ2v) is 4.50. The fourth-order valence-electron chi connectivity index (χ4n) is 1.88. The van der Waals surface area contributed by atoms with E-state index in [9.17, 15) is 14.7 Å². The molecule has 0 aromatic heterocycles. The molecule has 0 saturated heterocycles. The van der Waals surface area contributed by atoms with Gasteiger partial charge in [-0.2, -0.15) is 0 Å². The molecule has 0 saturated carbocycles. The van der Waals surface area contributed by atoms with Crippen LogP contribution in [0.25, 0.3) is 0 Å². The Morgan fingerprint density at radius 1 is 1.30 bits per heavy atom. The third kappa shape index (κ3) is 5.01. The SMILES string of the molecule is CCOCCC(=O)N(C)C(Cc1ccccc1)C(=O)O. The van der Waals surface area contributed by atoms with Crippen LogP contribution < -0.4 is 0 Å². The van der Waals surface area contributed by atoms with E-state index in [1.165, 1.54) is 11.9 Å². The monoisotopic (exact) mass is 279 g/mol. The fraction of sp³-hybridized carbons (Fsp3) is 0.467. The van der Waals surface area contributed by atoms with E-state index in [-0.39, 0.29) is 12.3 Å². The molecule has 0 spiro atoms. The molecule has 0 aliphatic carbocycles. The smallest absolute Gasteiger partial charge is 0.326 e. The molecule has 0 radical (unpaired) electrons. The lowest BCUT2D eigenvalue weighted by Gasteiger charge is -2.25. The number of carboxylic acids is 1. The van der Waals surface area contributed by atoms with Crippen LogP contribution in [0.1, 0.15) is 18.9 Å². The molecular formula is C15H21NO4. The second kappa shape index (κ2) is 8.32. The minimum absolute atomic E-state index is 0.197. The van der Waals surface area contributed by atoms with E-state index in [4.69, 9.17) is 4.74 Å². The molecule has 0 aliphatic heterocycles. The normalized spacial score (nSPS) is 11.9. The number of benzene rings is 1. The van der Waals surface area contributed by atoms with Crippen LogP contribution in [0.4, 0.5) is 0 Å². The number of ether oxygens (including phenoxy) is 1. The number of amides is 1. The van der Waals surface area contributed by atoms with E-state index in [1.807, 2.05) is 37.3 Å². The van der Waals surface area contributed by atoms with Crippen LogP contribution >= 0.6 is 0 Å². The Balaban J connectivity index is 2.65. The van der Waals surface area contributed by atoms with Crippen LogP contribution in [0, 0.1) is 0 Å². The molecule has 1 atom stereocenters. The van der Waals surface area contributed by atoms with E-state index in [0.29, 0.717) is 19.6 Å². The lowest BCUT2D eigenvalue weighted by atomic mass is 10.0. The van der Waals surface area contributed by atoms with Crippen molar-refractivity contribution >= 4 is 11.9 Å². The average molecular weight is 279 g/mol. The fourth-order valence-corrected chi connectivity index (χ4v) is 1.88. The lowest BCUT2D eigenvalue weighted by Crippen LogP contribution is -2.44. The van der Waals surface area contributed by atoms with E-state index < -0.39 is 12.0 Å². The molecule has 0 bridgehead atoms. The van der Waals surface area contributed by atoms with Crippen molar-refractivity contribution in [3.05, 3.63) is 35.9 Å². The van der Waals surface area contributed by atoms with Crippen LogP contribution in [-0.4, -0.2) is 48.2 Å². The molecule has 0 fully saturated rings. The topological polar surface area (TPSA) is 66.8 Å². The number of aliphatic carboxylic acids is 1. The highest BCUT2D eigenvalue weighted by Gasteiger charge is 2.26. The van der Waals surface area contributed by atoms with Crippen LogP contribution in [0.5, 0.6) is 0 Å². The highest BCUT2D eigenvalue weighted by molar-refractivity contribution is 5.83. The summed E-state index contributed by atoms with van der Waals surface area (Å²) in [4.78, 5) is 24.6. The molecule has 1 N–H and O–H groups in total. The zero-order valence-electron chi connectivity index (χ0n) is 11.9. The lowest BCUT2D eigenvalue weighted by molar-refractivity contribution is -0.149. The highest BCUT2D eigenvalue weighted by atomic mass is 16.5. The van der Waals surface area contributed by atoms with Gasteiger partial charge in [0.25, 0.3) is 0 Å². The molecule has 1 unspecified atom stereocenters. The van der Waals surface area contributed by atoms with Gasteiger partial charge in [-0.3, -0.25) is 4.79 Å². The van der Waals surface area contributed by atoms with Gasteiger partial charge in [0, 0.05) is 20.1 Å². The Kier molecular flexibility index (Phi) is 6.73. The van der Waals surface area contributed by atoms with E-state index in [1.54, 1.807) is 0 Å². The van der Waals surface area contributed by atoms with Gasteiger partial charge in [0.15, 0.2) is 0 Å². The Morgan fingerprint density at radius 3 is 2.50 bits per heavy atom. The maximum atomic E-state index is 11.9. The molecule has 20 heavy (non-hydrogen) atoms. The molecular weight excluding hydrogens is 258 g/mol. The number of likely N-dealkylation sites (N-methyl/N-ethyl adjacent to an activating group) is 1. The molecule has 0 aliphatic rings. The molecule has 1 aromatic rings. The summed E-state index contributed by atoms with van der Waals surface area (Å²) in [5.41, 5.74) is 0.893. The van der Waals surface area contributed by atoms with Crippen LogP contribution in [0.15, 0.2) is 30.3 Å². The van der Waals surface area contributed by atoms with E-state index in [2.05, 4.69) is 0 Å². The Hall–Kier alpha value is -1.88. The van der Waals surface area contributed by atoms with Gasteiger partial charge in [0.1, 0.15) is 6.04 Å². The first-order valence-corrected chi connectivity index (χ1v) is 6.66. The van der Waals surface area contributed by atoms with Crippen LogP contribution in [0.3, 0.4) is 0 Å². The minimum Gasteiger partial charge on any atom is -0.480 e. The highest BCUT2D eigenvalue weighted by Crippen LogP contribution is 2.09. The van der Waals surface area contributed by atoms with Gasteiger partial charge in [0.2, 0.25) is 5.91 Å². The zero-order chi connectivity index (χ0) is 15.0. The summed E-state index contributed by atoms with van der Waals surface area (Å²) in [5, 5.41) is 9.30. The van der Waals surface area contributed by atoms with Gasteiger partial charge in [-0.05, 0) is 12.5 Å². The summed E-state index contributed by atoms with van der Waals surface area (Å²) in [6, 6.07) is 8.43. The first-order chi connectivity index (χ1) is 9.56. The summed E-state index contributed by atoms with van der Waals surface area (Å²) in [6.45, 7) is 2.71. The minimum atomic E-state index is -0.999. The molecule has 5 nitrogen and oxygen atoms in total. The van der Waals surface area contributed by atoms with Gasteiger partial charge in [-0.25, -0.2) is 4.79 Å². The zero-order valence-corrected chi connectivity index (χ0v) is 11.9. The first kappa shape index (κ1) is 16.2. The molecule has 1 amide bonds. The van der Waals surface area contributed by atoms with Gasteiger partial charge in [0.05, 0.1) is 13.0 Å². The Labute approximate surface area is 119 Å². The number of hydrogen-bond donors (Lipinski definition) is 1. The van der Waals surface area contributed by atoms with Crippen molar-refractivity contribution < 1.29 is 19.4 Å². The van der Waals surface area contributed by atoms with Crippen molar-refractivity contribution in [3.8, 4) is 0 Å². The molecule has 1 aromatic carbocycles. The standard InChI is InChI=1S/C15H21NO4/c1-3-20-10-9-14(17)16(2)13(15(18)19)11-12-7-5-4-6-8-12/h4-8,13H,3,9-11H2,1-2H3,(H,18,19). The Bertz CT molecular complexity index is 433. The van der Waals surface area contributed by atoms with Gasteiger partial charge < -0.3 is 14.7 Å². The first-order valence-electron chi connectivity index (χ1n) is 6.66. The predicted molar refractivity (Wildman–Crippen MR) is 75.4 cm³/mol. The van der Waals surface area contributed by atoms with Crippen molar-refractivity contribution in [2.75, 3.05) is 20.3 Å². The molecule has 1 rings (SSSR count). The molecule has 5 heteroatoms. The maximum absolute atomic E-state index is 11.9. The second-order valence-electron chi connectivity index (χ2n) is 4.50. The van der Waals surface area contributed by atoms with Crippen LogP contribution in [-0.2, 0) is 20.7 Å². The van der Waals surface area contributed by atoms with Gasteiger partial charge in [-0.1, -0.05) is 30.3 Å². The molecule has 110 valence electrons. The number of hydrogen-bond acceptors (Lipinski definition) is 3. The number of nitrogens with zero attached hydrogens (tertiary/aromatic N) is 1. The van der Waals surface area contributed by atoms with Crippen molar-refractivity contribution in [2.45, 2.75) is 25.8 Å². The Morgan fingerprint density at radius 2 is 1.95 bits per heavy atom. The number of carbonyl (C=O) groups excluding carboxylic acids is 1. The van der Waals surface area contributed by atoms with Crippen molar-refractivity contribution in [1.82, 2.24) is 4.90 Å². The van der Waals surface area contributed by atoms with Crippen molar-refractivity contribution in [1.29, 1.82) is 0 Å². The number of carboxylic acid groups (broad SMARTS) is 1. The van der Waals surface area contributed by atoms with E-state index in [0.717, 1.165) is 5.56 Å². The number of carbonyl (C=O) groups is 2. The number of rotatable bonds is 8. The van der Waals surface area contributed by atoms with Gasteiger partial charge >= 0.3 is 5.97 Å². The maximum Gasteiger partial charge on any atom is 0.326 e.